The number of nitriles is 1. The zero-order chi connectivity index (χ0) is 21.0. The van der Waals surface area contributed by atoms with E-state index < -0.39 is 10.8 Å². The van der Waals surface area contributed by atoms with E-state index in [-0.39, 0.29) is 17.0 Å². The van der Waals surface area contributed by atoms with Gasteiger partial charge in [-0.05, 0) is 31.0 Å². The van der Waals surface area contributed by atoms with Crippen molar-refractivity contribution in [1.82, 2.24) is 10.2 Å². The fourth-order valence-corrected chi connectivity index (χ4v) is 3.14. The van der Waals surface area contributed by atoms with E-state index in [0.717, 1.165) is 10.6 Å². The second kappa shape index (κ2) is 8.45. The first-order valence-electron chi connectivity index (χ1n) is 8.52. The summed E-state index contributed by atoms with van der Waals surface area (Å²) >= 11 is 1.23. The maximum absolute atomic E-state index is 12.3. The number of benzene rings is 1. The highest BCUT2D eigenvalue weighted by atomic mass is 32.1. The van der Waals surface area contributed by atoms with Gasteiger partial charge in [0.2, 0.25) is 5.13 Å². The molecule has 10 heteroatoms. The lowest BCUT2D eigenvalue weighted by atomic mass is 10.1. The second-order valence-corrected chi connectivity index (χ2v) is 7.00. The molecule has 1 N–H and O–H groups in total. The minimum absolute atomic E-state index is 0.0558. The summed E-state index contributed by atoms with van der Waals surface area (Å²) in [6.07, 6.45) is 1.99. The molecule has 29 heavy (non-hydrogen) atoms. The van der Waals surface area contributed by atoms with Crippen molar-refractivity contribution in [3.8, 4) is 17.4 Å². The molecular formula is C19H15N5O4S. The smallest absolute Gasteiger partial charge is 0.270 e. The number of amides is 1. The summed E-state index contributed by atoms with van der Waals surface area (Å²) in [5.74, 6) is 0.0340. The summed E-state index contributed by atoms with van der Waals surface area (Å²) in [6.45, 7) is 3.72. The lowest BCUT2D eigenvalue weighted by molar-refractivity contribution is -0.384. The SMILES string of the molecule is CCc1nnc(NC(=O)/C(C#N)=C\c2ccc(-c3cc([N+](=O)[O-])ccc3C)o2)s1. The zero-order valence-electron chi connectivity index (χ0n) is 15.5. The molecule has 0 bridgehead atoms. The third-order valence-electron chi connectivity index (χ3n) is 3.97. The molecule has 0 saturated heterocycles. The Labute approximate surface area is 169 Å². The Morgan fingerprint density at radius 2 is 2.17 bits per heavy atom. The zero-order valence-corrected chi connectivity index (χ0v) is 16.3. The lowest BCUT2D eigenvalue weighted by Crippen LogP contribution is -2.13. The number of hydrogen-bond donors (Lipinski definition) is 1. The quantitative estimate of drug-likeness (QED) is 0.280. The van der Waals surface area contributed by atoms with E-state index in [4.69, 9.17) is 4.42 Å². The Kier molecular flexibility index (Phi) is 5.80. The molecule has 9 nitrogen and oxygen atoms in total. The third-order valence-corrected chi connectivity index (χ3v) is 4.95. The van der Waals surface area contributed by atoms with Gasteiger partial charge in [-0.1, -0.05) is 24.3 Å². The van der Waals surface area contributed by atoms with E-state index in [0.29, 0.717) is 22.9 Å². The summed E-state index contributed by atoms with van der Waals surface area (Å²) in [5.41, 5.74) is 1.12. The molecule has 0 radical (unpaired) electrons. The maximum Gasteiger partial charge on any atom is 0.270 e. The number of furan rings is 1. The molecule has 0 unspecified atom stereocenters. The average molecular weight is 409 g/mol. The van der Waals surface area contributed by atoms with E-state index in [1.807, 2.05) is 13.0 Å². The van der Waals surface area contributed by atoms with Crippen molar-refractivity contribution in [2.75, 3.05) is 5.32 Å². The first kappa shape index (κ1) is 19.9. The molecule has 0 atom stereocenters. The van der Waals surface area contributed by atoms with Crippen LogP contribution in [0.2, 0.25) is 0 Å². The molecule has 0 spiro atoms. The minimum atomic E-state index is -0.629. The van der Waals surface area contributed by atoms with E-state index in [1.54, 1.807) is 25.1 Å². The van der Waals surface area contributed by atoms with Crippen LogP contribution in [-0.4, -0.2) is 21.0 Å². The summed E-state index contributed by atoms with van der Waals surface area (Å²) in [5, 5.41) is 31.7. The van der Waals surface area contributed by atoms with E-state index in [2.05, 4.69) is 15.5 Å². The number of aryl methyl sites for hydroxylation is 2. The summed E-state index contributed by atoms with van der Waals surface area (Å²) in [6, 6.07) is 9.50. The van der Waals surface area contributed by atoms with Crippen LogP contribution in [0.25, 0.3) is 17.4 Å². The van der Waals surface area contributed by atoms with Gasteiger partial charge in [0.25, 0.3) is 11.6 Å². The summed E-state index contributed by atoms with van der Waals surface area (Å²) < 4.78 is 5.68. The van der Waals surface area contributed by atoms with Gasteiger partial charge in [0.15, 0.2) is 0 Å². The Balaban J connectivity index is 1.84. The predicted octanol–water partition coefficient (Wildman–Crippen LogP) is 4.12. The minimum Gasteiger partial charge on any atom is -0.457 e. The van der Waals surface area contributed by atoms with Crippen molar-refractivity contribution in [2.24, 2.45) is 0 Å². The largest absolute Gasteiger partial charge is 0.457 e. The van der Waals surface area contributed by atoms with Gasteiger partial charge in [-0.3, -0.25) is 20.2 Å². The summed E-state index contributed by atoms with van der Waals surface area (Å²) in [4.78, 5) is 22.8. The normalized spacial score (nSPS) is 11.1. The number of rotatable bonds is 6. The van der Waals surface area contributed by atoms with Crippen LogP contribution in [-0.2, 0) is 11.2 Å². The van der Waals surface area contributed by atoms with E-state index in [9.17, 15) is 20.2 Å². The maximum atomic E-state index is 12.3. The van der Waals surface area contributed by atoms with E-state index in [1.165, 1.54) is 29.5 Å². The first-order chi connectivity index (χ1) is 13.9. The lowest BCUT2D eigenvalue weighted by Gasteiger charge is -2.02. The third kappa shape index (κ3) is 4.53. The van der Waals surface area contributed by atoms with E-state index >= 15 is 0 Å². The number of nitro benzene ring substituents is 1. The molecule has 1 amide bonds. The number of nitrogens with zero attached hydrogens (tertiary/aromatic N) is 4. The molecule has 0 saturated carbocycles. The molecule has 146 valence electrons. The fourth-order valence-electron chi connectivity index (χ4n) is 2.47. The number of nitro groups is 1. The Hall–Kier alpha value is -3.84. The molecule has 3 aromatic rings. The van der Waals surface area contributed by atoms with Crippen LogP contribution in [0, 0.1) is 28.4 Å². The van der Waals surface area contributed by atoms with Crippen LogP contribution in [0.1, 0.15) is 23.3 Å². The number of hydrogen-bond acceptors (Lipinski definition) is 8. The summed E-state index contributed by atoms with van der Waals surface area (Å²) in [7, 11) is 0. The molecular weight excluding hydrogens is 394 g/mol. The highest BCUT2D eigenvalue weighted by Crippen LogP contribution is 2.30. The van der Waals surface area contributed by atoms with Crippen molar-refractivity contribution in [3.05, 3.63) is 62.4 Å². The highest BCUT2D eigenvalue weighted by molar-refractivity contribution is 7.15. The first-order valence-corrected chi connectivity index (χ1v) is 9.33. The average Bonchev–Trinajstić information content (AvgIpc) is 3.35. The van der Waals surface area contributed by atoms with Gasteiger partial charge in [-0.15, -0.1) is 10.2 Å². The Morgan fingerprint density at radius 1 is 1.38 bits per heavy atom. The van der Waals surface area contributed by atoms with Crippen LogP contribution >= 0.6 is 11.3 Å². The van der Waals surface area contributed by atoms with Gasteiger partial charge >= 0.3 is 0 Å². The van der Waals surface area contributed by atoms with Crippen molar-refractivity contribution in [2.45, 2.75) is 20.3 Å². The van der Waals surface area contributed by atoms with Crippen LogP contribution in [0.3, 0.4) is 0 Å². The molecule has 3 rings (SSSR count). The molecule has 0 aliphatic carbocycles. The number of carbonyl (C=O) groups excluding carboxylic acids is 1. The molecule has 2 aromatic heterocycles. The number of nitrogens with one attached hydrogen (secondary N) is 1. The fraction of sp³-hybridized carbons (Fsp3) is 0.158. The second-order valence-electron chi connectivity index (χ2n) is 5.94. The van der Waals surface area contributed by atoms with Gasteiger partial charge < -0.3 is 4.42 Å². The molecule has 0 aliphatic rings. The van der Waals surface area contributed by atoms with Crippen LogP contribution in [0.15, 0.2) is 40.3 Å². The Morgan fingerprint density at radius 3 is 2.83 bits per heavy atom. The van der Waals surface area contributed by atoms with Gasteiger partial charge in [-0.25, -0.2) is 0 Å². The van der Waals surface area contributed by atoms with Crippen molar-refractivity contribution < 1.29 is 14.1 Å². The topological polar surface area (TPSA) is 135 Å². The highest BCUT2D eigenvalue weighted by Gasteiger charge is 2.16. The molecule has 0 fully saturated rings. The number of anilines is 1. The predicted molar refractivity (Wildman–Crippen MR) is 107 cm³/mol. The van der Waals surface area contributed by atoms with Crippen LogP contribution < -0.4 is 5.32 Å². The van der Waals surface area contributed by atoms with Gasteiger partial charge in [0.05, 0.1) is 4.92 Å². The van der Waals surface area contributed by atoms with Gasteiger partial charge in [0.1, 0.15) is 28.2 Å². The number of carbonyl (C=O) groups is 1. The van der Waals surface area contributed by atoms with Crippen molar-refractivity contribution in [3.63, 3.8) is 0 Å². The molecule has 2 heterocycles. The number of aromatic nitrogens is 2. The van der Waals surface area contributed by atoms with Gasteiger partial charge in [0, 0.05) is 23.8 Å². The monoisotopic (exact) mass is 409 g/mol. The number of non-ortho nitro benzene ring substituents is 1. The van der Waals surface area contributed by atoms with Gasteiger partial charge in [-0.2, -0.15) is 5.26 Å². The van der Waals surface area contributed by atoms with Crippen LogP contribution in [0.5, 0.6) is 0 Å². The van der Waals surface area contributed by atoms with Crippen molar-refractivity contribution >= 4 is 34.1 Å². The van der Waals surface area contributed by atoms with Crippen LogP contribution in [0.4, 0.5) is 10.8 Å². The molecule has 1 aromatic carbocycles. The standard InChI is InChI=1S/C19H15N5O4S/c1-3-17-22-23-19(29-17)21-18(25)12(10-20)8-14-6-7-16(28-14)15-9-13(24(26)27)5-4-11(15)2/h4-9H,3H2,1-2H3,(H,21,23,25)/b12-8-. The Bertz CT molecular complexity index is 1160. The molecule has 0 aliphatic heterocycles. The van der Waals surface area contributed by atoms with Crippen molar-refractivity contribution in [1.29, 1.82) is 5.26 Å².